The Morgan fingerprint density at radius 1 is 1.57 bits per heavy atom. The van der Waals surface area contributed by atoms with Gasteiger partial charge in [-0.1, -0.05) is 0 Å². The number of amides is 1. The first-order valence-electron chi connectivity index (χ1n) is 7.78. The lowest BCUT2D eigenvalue weighted by atomic mass is 9.75. The van der Waals surface area contributed by atoms with Gasteiger partial charge in [-0.15, -0.1) is 10.2 Å². The van der Waals surface area contributed by atoms with Crippen molar-refractivity contribution in [2.45, 2.75) is 50.4 Å². The largest absolute Gasteiger partial charge is 0.383 e. The molecule has 1 amide bonds. The summed E-state index contributed by atoms with van der Waals surface area (Å²) in [5, 5.41) is 17.7. The summed E-state index contributed by atoms with van der Waals surface area (Å²) in [5.41, 5.74) is -2.21. The van der Waals surface area contributed by atoms with Crippen LogP contribution in [0.5, 0.6) is 0 Å². The first-order chi connectivity index (χ1) is 10.9. The minimum atomic E-state index is -3.77. The molecule has 1 saturated carbocycles. The zero-order valence-electron chi connectivity index (χ0n) is 12.9. The van der Waals surface area contributed by atoms with Gasteiger partial charge in [-0.05, 0) is 26.2 Å². The number of carbonyl (C=O) groups excluding carboxylic acids is 1. The minimum absolute atomic E-state index is 0.0246. The van der Waals surface area contributed by atoms with E-state index in [0.29, 0.717) is 18.8 Å². The van der Waals surface area contributed by atoms with E-state index in [2.05, 4.69) is 10.2 Å². The van der Waals surface area contributed by atoms with E-state index in [1.54, 1.807) is 4.57 Å². The number of carbonyl (C=O) groups is 1. The summed E-state index contributed by atoms with van der Waals surface area (Å²) in [6.07, 6.45) is 1.34. The smallest absolute Gasteiger partial charge is 0.352 e. The van der Waals surface area contributed by atoms with Gasteiger partial charge in [0.15, 0.2) is 5.82 Å². The summed E-state index contributed by atoms with van der Waals surface area (Å²) >= 11 is 0. The Hall–Kier alpha value is -1.61. The van der Waals surface area contributed by atoms with E-state index in [4.69, 9.17) is 4.74 Å². The van der Waals surface area contributed by atoms with Crippen molar-refractivity contribution in [2.75, 3.05) is 19.7 Å². The van der Waals surface area contributed by atoms with Gasteiger partial charge < -0.3 is 19.3 Å². The zero-order valence-corrected chi connectivity index (χ0v) is 12.9. The number of aliphatic hydroxyl groups is 1. The fourth-order valence-electron chi connectivity index (χ4n) is 2.97. The average Bonchev–Trinajstić information content (AvgIpc) is 3.00. The third kappa shape index (κ3) is 2.61. The van der Waals surface area contributed by atoms with Crippen LogP contribution >= 0.6 is 0 Å². The van der Waals surface area contributed by atoms with Crippen molar-refractivity contribution in [1.82, 2.24) is 19.7 Å². The van der Waals surface area contributed by atoms with Gasteiger partial charge in [0.05, 0.1) is 13.2 Å². The van der Waals surface area contributed by atoms with Crippen LogP contribution in [0.4, 0.5) is 8.78 Å². The third-order valence-electron chi connectivity index (χ3n) is 4.66. The second kappa shape index (κ2) is 5.79. The molecule has 1 unspecified atom stereocenters. The van der Waals surface area contributed by atoms with Gasteiger partial charge in [-0.2, -0.15) is 8.78 Å². The summed E-state index contributed by atoms with van der Waals surface area (Å²) in [6.45, 7) is 2.71. The molecule has 1 aliphatic carbocycles. The number of nitrogens with zero attached hydrogens (tertiary/aromatic N) is 4. The number of alkyl halides is 2. The molecule has 23 heavy (non-hydrogen) atoms. The number of hydrogen-bond acceptors (Lipinski definition) is 5. The molecule has 0 bridgehead atoms. The number of halogens is 2. The Morgan fingerprint density at radius 3 is 2.91 bits per heavy atom. The van der Waals surface area contributed by atoms with Crippen molar-refractivity contribution in [2.24, 2.45) is 0 Å². The Morgan fingerprint density at radius 2 is 2.30 bits per heavy atom. The highest BCUT2D eigenvalue weighted by Gasteiger charge is 2.62. The predicted octanol–water partition coefficient (Wildman–Crippen LogP) is 0.748. The van der Waals surface area contributed by atoms with Crippen LogP contribution in [-0.4, -0.2) is 61.9 Å². The molecule has 0 aromatic carbocycles. The highest BCUT2D eigenvalue weighted by molar-refractivity contribution is 5.85. The first kappa shape index (κ1) is 16.3. The normalized spacial score (nSPS) is 24.3. The van der Waals surface area contributed by atoms with E-state index in [0.717, 1.165) is 4.90 Å². The summed E-state index contributed by atoms with van der Waals surface area (Å²) in [4.78, 5) is 13.3. The summed E-state index contributed by atoms with van der Waals surface area (Å²) in [6, 6.07) is 0. The molecule has 0 spiro atoms. The van der Waals surface area contributed by atoms with E-state index in [9.17, 15) is 18.7 Å². The van der Waals surface area contributed by atoms with Crippen LogP contribution in [0.25, 0.3) is 0 Å². The lowest BCUT2D eigenvalue weighted by Crippen LogP contribution is -2.62. The Kier molecular flexibility index (Phi) is 4.09. The molecule has 2 fully saturated rings. The highest BCUT2D eigenvalue weighted by atomic mass is 19.3. The van der Waals surface area contributed by atoms with Crippen molar-refractivity contribution >= 4 is 5.91 Å². The Labute approximate surface area is 132 Å². The maximum Gasteiger partial charge on any atom is 0.352 e. The van der Waals surface area contributed by atoms with Crippen molar-refractivity contribution in [1.29, 1.82) is 0 Å². The fraction of sp³-hybridized carbons (Fsp3) is 0.786. The molecule has 2 aliphatic rings. The first-order valence-corrected chi connectivity index (χ1v) is 7.78. The molecule has 1 aromatic rings. The maximum atomic E-state index is 14.3. The number of rotatable bonds is 4. The molecule has 3 rings (SSSR count). The SMILES string of the molecule is CCn1cnnc1C1CN(C(=O)C(F)(F)C2(O)CCC2)CCO1. The second-order valence-electron chi connectivity index (χ2n) is 6.05. The van der Waals surface area contributed by atoms with Crippen LogP contribution in [0, 0.1) is 0 Å². The molecule has 0 radical (unpaired) electrons. The van der Waals surface area contributed by atoms with E-state index >= 15 is 0 Å². The molecule has 1 aliphatic heterocycles. The molecule has 128 valence electrons. The molecule has 1 atom stereocenters. The number of hydrogen-bond donors (Lipinski definition) is 1. The van der Waals surface area contributed by atoms with Crippen molar-refractivity contribution in [3.05, 3.63) is 12.2 Å². The third-order valence-corrected chi connectivity index (χ3v) is 4.66. The monoisotopic (exact) mass is 330 g/mol. The van der Waals surface area contributed by atoms with Crippen molar-refractivity contribution in [3.63, 3.8) is 0 Å². The van der Waals surface area contributed by atoms with Gasteiger partial charge in [-0.25, -0.2) is 0 Å². The number of aryl methyl sites for hydroxylation is 1. The summed E-state index contributed by atoms with van der Waals surface area (Å²) < 4.78 is 36.0. The van der Waals surface area contributed by atoms with E-state index in [1.807, 2.05) is 6.92 Å². The topological polar surface area (TPSA) is 80.5 Å². The molecule has 1 N–H and O–H groups in total. The van der Waals surface area contributed by atoms with Crippen LogP contribution in [-0.2, 0) is 16.1 Å². The van der Waals surface area contributed by atoms with Crippen LogP contribution in [0.2, 0.25) is 0 Å². The molecule has 9 heteroatoms. The number of aromatic nitrogens is 3. The Bertz CT molecular complexity index is 588. The molecule has 1 aromatic heterocycles. The summed E-state index contributed by atoms with van der Waals surface area (Å²) in [5.74, 6) is -4.60. The predicted molar refractivity (Wildman–Crippen MR) is 74.7 cm³/mol. The van der Waals surface area contributed by atoms with Gasteiger partial charge in [0.25, 0.3) is 5.91 Å². The van der Waals surface area contributed by atoms with E-state index < -0.39 is 23.5 Å². The van der Waals surface area contributed by atoms with Crippen molar-refractivity contribution < 1.29 is 23.4 Å². The van der Waals surface area contributed by atoms with Crippen LogP contribution < -0.4 is 0 Å². The van der Waals surface area contributed by atoms with E-state index in [-0.39, 0.29) is 32.5 Å². The quantitative estimate of drug-likeness (QED) is 0.881. The van der Waals surface area contributed by atoms with Gasteiger partial charge >= 0.3 is 5.92 Å². The van der Waals surface area contributed by atoms with Gasteiger partial charge in [0, 0.05) is 13.1 Å². The Balaban J connectivity index is 1.74. The zero-order chi connectivity index (χ0) is 16.7. The van der Waals surface area contributed by atoms with Crippen molar-refractivity contribution in [3.8, 4) is 0 Å². The van der Waals surface area contributed by atoms with Gasteiger partial charge in [0.2, 0.25) is 0 Å². The lowest BCUT2D eigenvalue weighted by Gasteiger charge is -2.44. The lowest BCUT2D eigenvalue weighted by molar-refractivity contribution is -0.226. The second-order valence-corrected chi connectivity index (χ2v) is 6.05. The molecular formula is C14H20F2N4O3. The average molecular weight is 330 g/mol. The van der Waals surface area contributed by atoms with Crippen LogP contribution in [0.15, 0.2) is 6.33 Å². The summed E-state index contributed by atoms with van der Waals surface area (Å²) in [7, 11) is 0. The van der Waals surface area contributed by atoms with E-state index in [1.165, 1.54) is 6.33 Å². The molecule has 1 saturated heterocycles. The fourth-order valence-corrected chi connectivity index (χ4v) is 2.97. The van der Waals surface area contributed by atoms with Gasteiger partial charge in [-0.3, -0.25) is 4.79 Å². The van der Waals surface area contributed by atoms with Gasteiger partial charge in [0.1, 0.15) is 18.0 Å². The van der Waals surface area contributed by atoms with Crippen LogP contribution in [0.1, 0.15) is 38.1 Å². The highest BCUT2D eigenvalue weighted by Crippen LogP contribution is 2.45. The number of morpholine rings is 1. The molecule has 2 heterocycles. The molecule has 7 nitrogen and oxygen atoms in total. The minimum Gasteiger partial charge on any atom is -0.383 e. The number of ether oxygens (including phenoxy) is 1. The molecular weight excluding hydrogens is 310 g/mol. The van der Waals surface area contributed by atoms with Crippen LogP contribution in [0.3, 0.4) is 0 Å². The maximum absolute atomic E-state index is 14.3. The standard InChI is InChI=1S/C14H20F2N4O3/c1-2-19-9-17-18-11(19)10-8-20(6-7-23-10)12(21)14(15,16)13(22)4-3-5-13/h9-10,22H,2-8H2,1H3.